The maximum Gasteiger partial charge on any atom is 0.226 e. The lowest BCUT2D eigenvalue weighted by Crippen LogP contribution is -2.41. The van der Waals surface area contributed by atoms with E-state index in [2.05, 4.69) is 28.7 Å². The molecule has 2 aliphatic rings. The van der Waals surface area contributed by atoms with E-state index >= 15 is 0 Å². The van der Waals surface area contributed by atoms with Crippen molar-refractivity contribution in [3.05, 3.63) is 17.7 Å². The fourth-order valence-electron chi connectivity index (χ4n) is 3.95. The Bertz CT molecular complexity index is 631. The van der Waals surface area contributed by atoms with E-state index in [1.165, 1.54) is 12.8 Å². The van der Waals surface area contributed by atoms with Crippen LogP contribution < -0.4 is 5.32 Å². The number of hydrogen-bond donors (Lipinski definition) is 1. The van der Waals surface area contributed by atoms with Crippen LogP contribution in [0.1, 0.15) is 70.4 Å². The fourth-order valence-corrected chi connectivity index (χ4v) is 3.95. The van der Waals surface area contributed by atoms with Gasteiger partial charge in [-0.3, -0.25) is 9.59 Å². The zero-order chi connectivity index (χ0) is 18.0. The number of amides is 2. The third-order valence-electron chi connectivity index (χ3n) is 5.25. The standard InChI is InChI=1S/C19H30N4O2/c1-13(2)10-18(25)23-9-8-22-12-16(21-19(22)14(23)3)11-17(24)20-15-6-4-5-7-15/h12-15H,4-11H2,1-3H3,(H,20,24). The van der Waals surface area contributed by atoms with Crippen molar-refractivity contribution in [2.75, 3.05) is 6.54 Å². The van der Waals surface area contributed by atoms with Crippen LogP contribution in [0.4, 0.5) is 0 Å². The molecule has 0 spiro atoms. The molecule has 0 saturated heterocycles. The van der Waals surface area contributed by atoms with Crippen molar-refractivity contribution in [1.82, 2.24) is 19.8 Å². The summed E-state index contributed by atoms with van der Waals surface area (Å²) >= 11 is 0. The van der Waals surface area contributed by atoms with Crippen LogP contribution in [-0.2, 0) is 22.6 Å². The van der Waals surface area contributed by atoms with Gasteiger partial charge >= 0.3 is 0 Å². The second kappa shape index (κ2) is 7.58. The van der Waals surface area contributed by atoms with Crippen LogP contribution in [0.3, 0.4) is 0 Å². The van der Waals surface area contributed by atoms with Gasteiger partial charge < -0.3 is 14.8 Å². The van der Waals surface area contributed by atoms with Gasteiger partial charge in [0, 0.05) is 31.7 Å². The molecule has 138 valence electrons. The summed E-state index contributed by atoms with van der Waals surface area (Å²) in [4.78, 5) is 31.3. The minimum atomic E-state index is -0.0355. The molecular formula is C19H30N4O2. The molecule has 1 fully saturated rings. The summed E-state index contributed by atoms with van der Waals surface area (Å²) in [6, 6.07) is 0.305. The highest BCUT2D eigenvalue weighted by atomic mass is 16.2. The molecule has 2 heterocycles. The van der Waals surface area contributed by atoms with E-state index < -0.39 is 0 Å². The predicted octanol–water partition coefficient (Wildman–Crippen LogP) is 2.43. The Morgan fingerprint density at radius 3 is 2.68 bits per heavy atom. The van der Waals surface area contributed by atoms with Crippen molar-refractivity contribution >= 4 is 11.8 Å². The average molecular weight is 346 g/mol. The molecule has 1 aromatic rings. The van der Waals surface area contributed by atoms with Crippen molar-refractivity contribution in [3.63, 3.8) is 0 Å². The third kappa shape index (κ3) is 4.22. The van der Waals surface area contributed by atoms with Gasteiger partial charge in [-0.1, -0.05) is 26.7 Å². The number of carbonyl (C=O) groups is 2. The summed E-state index contributed by atoms with van der Waals surface area (Å²) in [5, 5.41) is 3.11. The summed E-state index contributed by atoms with van der Waals surface area (Å²) < 4.78 is 2.10. The highest BCUT2D eigenvalue weighted by Crippen LogP contribution is 2.26. The summed E-state index contributed by atoms with van der Waals surface area (Å²) in [5.74, 6) is 1.50. The van der Waals surface area contributed by atoms with Crippen LogP contribution in [0.5, 0.6) is 0 Å². The van der Waals surface area contributed by atoms with Gasteiger partial charge in [0.15, 0.2) is 0 Å². The van der Waals surface area contributed by atoms with Crippen LogP contribution >= 0.6 is 0 Å². The lowest BCUT2D eigenvalue weighted by Gasteiger charge is -2.34. The van der Waals surface area contributed by atoms with Crippen molar-refractivity contribution in [3.8, 4) is 0 Å². The maximum absolute atomic E-state index is 12.4. The van der Waals surface area contributed by atoms with Crippen LogP contribution in [0.2, 0.25) is 0 Å². The SMILES string of the molecule is CC(C)CC(=O)N1CCn2cc(CC(=O)NC3CCCC3)nc2C1C. The Hall–Kier alpha value is -1.85. The number of aromatic nitrogens is 2. The quantitative estimate of drug-likeness (QED) is 0.890. The van der Waals surface area contributed by atoms with Crippen LogP contribution in [0.15, 0.2) is 6.20 Å². The number of fused-ring (bicyclic) bond motifs is 1. The van der Waals surface area contributed by atoms with Gasteiger partial charge in [-0.25, -0.2) is 4.98 Å². The summed E-state index contributed by atoms with van der Waals surface area (Å²) in [7, 11) is 0. The molecule has 0 radical (unpaired) electrons. The van der Waals surface area contributed by atoms with E-state index in [4.69, 9.17) is 0 Å². The molecule has 3 rings (SSSR count). The van der Waals surface area contributed by atoms with E-state index in [9.17, 15) is 9.59 Å². The van der Waals surface area contributed by atoms with E-state index in [0.29, 0.717) is 31.3 Å². The highest BCUT2D eigenvalue weighted by Gasteiger charge is 2.30. The molecule has 1 saturated carbocycles. The van der Waals surface area contributed by atoms with Crippen LogP contribution in [0.25, 0.3) is 0 Å². The normalized spacial score (nSPS) is 20.8. The lowest BCUT2D eigenvalue weighted by molar-refractivity contribution is -0.135. The molecule has 25 heavy (non-hydrogen) atoms. The van der Waals surface area contributed by atoms with E-state index in [0.717, 1.165) is 30.9 Å². The van der Waals surface area contributed by atoms with Gasteiger partial charge in [-0.15, -0.1) is 0 Å². The van der Waals surface area contributed by atoms with Crippen molar-refractivity contribution in [2.45, 2.75) is 77.9 Å². The van der Waals surface area contributed by atoms with Crippen LogP contribution in [-0.4, -0.2) is 38.9 Å². The number of carbonyl (C=O) groups excluding carboxylic acids is 2. The van der Waals surface area contributed by atoms with Crippen molar-refractivity contribution < 1.29 is 9.59 Å². The zero-order valence-electron chi connectivity index (χ0n) is 15.6. The van der Waals surface area contributed by atoms with Gasteiger partial charge in [0.05, 0.1) is 18.2 Å². The molecule has 0 bridgehead atoms. The Labute approximate surface area is 150 Å². The monoisotopic (exact) mass is 346 g/mol. The molecule has 1 aliphatic heterocycles. The minimum absolute atomic E-state index is 0.0355. The first kappa shape index (κ1) is 18.0. The third-order valence-corrected chi connectivity index (χ3v) is 5.25. The molecule has 6 heteroatoms. The Balaban J connectivity index is 1.63. The number of imidazole rings is 1. The molecule has 1 N–H and O–H groups in total. The molecule has 0 aromatic carbocycles. The van der Waals surface area contributed by atoms with Gasteiger partial charge in [0.1, 0.15) is 5.82 Å². The molecule has 2 amide bonds. The van der Waals surface area contributed by atoms with Crippen molar-refractivity contribution in [1.29, 1.82) is 0 Å². The Kier molecular flexibility index (Phi) is 5.45. The fraction of sp³-hybridized carbons (Fsp3) is 0.737. The molecule has 1 unspecified atom stereocenters. The first-order chi connectivity index (χ1) is 11.9. The average Bonchev–Trinajstić information content (AvgIpc) is 3.16. The predicted molar refractivity (Wildman–Crippen MR) is 95.9 cm³/mol. The first-order valence-electron chi connectivity index (χ1n) is 9.59. The topological polar surface area (TPSA) is 67.2 Å². The second-order valence-electron chi connectivity index (χ2n) is 7.87. The largest absolute Gasteiger partial charge is 0.353 e. The number of rotatable bonds is 5. The molecule has 1 aromatic heterocycles. The zero-order valence-corrected chi connectivity index (χ0v) is 15.6. The van der Waals surface area contributed by atoms with Gasteiger partial charge in [-0.2, -0.15) is 0 Å². The van der Waals surface area contributed by atoms with Gasteiger partial charge in [0.2, 0.25) is 11.8 Å². The Morgan fingerprint density at radius 2 is 2.00 bits per heavy atom. The van der Waals surface area contributed by atoms with Crippen LogP contribution in [0, 0.1) is 5.92 Å². The molecule has 1 atom stereocenters. The lowest BCUT2D eigenvalue weighted by atomic mass is 10.1. The van der Waals surface area contributed by atoms with E-state index in [-0.39, 0.29) is 17.9 Å². The molecule has 1 aliphatic carbocycles. The summed E-state index contributed by atoms with van der Waals surface area (Å²) in [6.07, 6.45) is 7.48. The minimum Gasteiger partial charge on any atom is -0.353 e. The number of nitrogens with zero attached hydrogens (tertiary/aromatic N) is 3. The molecule has 6 nitrogen and oxygen atoms in total. The maximum atomic E-state index is 12.4. The summed E-state index contributed by atoms with van der Waals surface area (Å²) in [5.41, 5.74) is 0.801. The number of hydrogen-bond acceptors (Lipinski definition) is 3. The Morgan fingerprint density at radius 1 is 1.28 bits per heavy atom. The van der Waals surface area contributed by atoms with E-state index in [1.54, 1.807) is 0 Å². The van der Waals surface area contributed by atoms with Crippen molar-refractivity contribution in [2.24, 2.45) is 5.92 Å². The number of nitrogens with one attached hydrogen (secondary N) is 1. The van der Waals surface area contributed by atoms with E-state index in [1.807, 2.05) is 18.0 Å². The smallest absolute Gasteiger partial charge is 0.226 e. The van der Waals surface area contributed by atoms with Gasteiger partial charge in [0.25, 0.3) is 0 Å². The second-order valence-corrected chi connectivity index (χ2v) is 7.87. The first-order valence-corrected chi connectivity index (χ1v) is 9.59. The highest BCUT2D eigenvalue weighted by molar-refractivity contribution is 5.78. The summed E-state index contributed by atoms with van der Waals surface area (Å²) in [6.45, 7) is 7.62. The molecular weight excluding hydrogens is 316 g/mol. The van der Waals surface area contributed by atoms with Gasteiger partial charge in [-0.05, 0) is 25.7 Å².